The van der Waals surface area contributed by atoms with Gasteiger partial charge in [0.15, 0.2) is 0 Å². The molecule has 0 spiro atoms. The minimum absolute atomic E-state index is 0.0534. The third-order valence-electron chi connectivity index (χ3n) is 21.9. The molecule has 12 aromatic rings. The number of rotatable bonds is 33. The number of anilines is 5. The lowest BCUT2D eigenvalue weighted by Crippen LogP contribution is -2.23. The number of carbonyl (C=O) groups is 4. The van der Waals surface area contributed by atoms with Crippen molar-refractivity contribution in [2.75, 3.05) is 73.1 Å². The van der Waals surface area contributed by atoms with E-state index in [1.54, 1.807) is 146 Å². The van der Waals surface area contributed by atoms with Crippen LogP contribution in [-0.2, 0) is 59.3 Å². The number of thioether (sulfide) groups is 4. The van der Waals surface area contributed by atoms with Gasteiger partial charge in [-0.1, -0.05) is 167 Å². The van der Waals surface area contributed by atoms with Crippen molar-refractivity contribution < 1.29 is 103 Å². The highest BCUT2D eigenvalue weighted by Gasteiger charge is 2.29. The molecule has 129 heavy (non-hydrogen) atoms. The summed E-state index contributed by atoms with van der Waals surface area (Å²) in [5.74, 6) is -2.57. The van der Waals surface area contributed by atoms with Gasteiger partial charge in [0.05, 0.1) is 98.1 Å². The van der Waals surface area contributed by atoms with Crippen molar-refractivity contribution in [2.45, 2.75) is 141 Å². The molecule has 4 fully saturated rings. The average molecular weight is 1910 g/mol. The van der Waals surface area contributed by atoms with E-state index < -0.39 is 64.0 Å². The standard InChI is InChI=1S/C25H27NO5S2.C24H26N2O5S2.C23H23NO6S2.C22H21NO6S2/c27-24(28)16-32-23-15-22(20-9-5-6-10-21(20)25(23)29)26-33(30,31)19-13-11-18(12-14-19)17-7-3-1-2-4-8-17;27-23(28)16-32-22-15-21(19-7-3-4-8-20(19)24(22)29)25-33(30,31)18-11-9-17(10-12-18)26-13-5-1-2-6-14-26;25-22(26)14-31-21-13-20(18-3-1-2-4-19(18)23(21)27)24-32(28,29)17-9-7-16(8-10-17)30-12-11-15-5-6-15;24-21(25)13-30-20-11-19(17-6-1-2-7-18(17)22(20)26)23-31(27,28)16-5-3-4-15(10-16)29-12-14-8-9-14/h5-6,9-15,17,26,29H,1-4,7-8,16H2,(H,27,28);3-4,7-12,15,25,29H,1-2,5-6,13-14,16H2,(H,27,28);1-4,7-10,13,15,24,27H,5-6,11-12,14H2,(H,25,26);1-7,10-11,14,23,26H,8-9,12-13H2,(H,24,25). The number of nitrogens with one attached hydrogen (secondary N) is 4. The molecule has 0 bridgehead atoms. The van der Waals surface area contributed by atoms with Gasteiger partial charge < -0.3 is 55.2 Å². The van der Waals surface area contributed by atoms with Gasteiger partial charge in [-0.2, -0.15) is 0 Å². The molecule has 27 nitrogen and oxygen atoms in total. The van der Waals surface area contributed by atoms with Gasteiger partial charge in [-0.25, -0.2) is 33.7 Å². The van der Waals surface area contributed by atoms with Crippen LogP contribution in [-0.4, -0.2) is 148 Å². The molecule has 0 unspecified atom stereocenters. The van der Waals surface area contributed by atoms with Gasteiger partial charge in [-0.15, -0.1) is 47.0 Å². The SMILES string of the molecule is O=C(O)CSc1cc(NS(=O)(=O)c2ccc(C3CCCCCC3)cc2)c2ccccc2c1O.O=C(O)CSc1cc(NS(=O)(=O)c2ccc(N3CCCCCC3)cc2)c2ccccc2c1O.O=C(O)CSc1cc(NS(=O)(=O)c2ccc(OCCC3CC3)cc2)c2ccccc2c1O.O=C(O)CSc1cc(NS(=O)(=O)c2cccc(OCC3CC3)c2)c2ccccc2c1O. The van der Waals surface area contributed by atoms with E-state index in [0.29, 0.717) is 95.1 Å². The van der Waals surface area contributed by atoms with E-state index >= 15 is 0 Å². The van der Waals surface area contributed by atoms with Crippen molar-refractivity contribution in [1.29, 1.82) is 0 Å². The zero-order valence-corrected chi connectivity index (χ0v) is 76.3. The van der Waals surface area contributed by atoms with Crippen LogP contribution in [0.1, 0.15) is 108 Å². The fourth-order valence-electron chi connectivity index (χ4n) is 14.9. The molecule has 0 atom stereocenters. The third kappa shape index (κ3) is 25.8. The Hall–Kier alpha value is -11.4. The predicted molar refractivity (Wildman–Crippen MR) is 507 cm³/mol. The fourth-order valence-corrected chi connectivity index (χ4v) is 22.1. The zero-order valence-electron chi connectivity index (χ0n) is 69.8. The highest BCUT2D eigenvalue weighted by molar-refractivity contribution is 8.01. The second kappa shape index (κ2) is 43.3. The molecule has 1 saturated heterocycles. The Morgan fingerprint density at radius 2 is 0.659 bits per heavy atom. The topological polar surface area (TPSA) is 436 Å². The lowest BCUT2D eigenvalue weighted by molar-refractivity contribution is -0.134. The number of phenolic OH excluding ortho intramolecular Hbond substituents is 4. The van der Waals surface area contributed by atoms with Crippen LogP contribution in [0.15, 0.2) is 258 Å². The molecule has 12 N–H and O–H groups in total. The molecular weight excluding hydrogens is 1810 g/mol. The van der Waals surface area contributed by atoms with Crippen molar-refractivity contribution >= 4 is 183 Å². The molecular formula is C94H97N5O22S8. The van der Waals surface area contributed by atoms with Crippen LogP contribution in [0.4, 0.5) is 28.4 Å². The number of hydrogen-bond acceptors (Lipinski definition) is 23. The highest BCUT2D eigenvalue weighted by Crippen LogP contribution is 2.46. The van der Waals surface area contributed by atoms with Crippen LogP contribution in [0.25, 0.3) is 43.1 Å². The van der Waals surface area contributed by atoms with Crippen LogP contribution in [0, 0.1) is 11.8 Å². The number of phenols is 4. The monoisotopic (exact) mass is 1900 g/mol. The molecule has 0 radical (unpaired) electrons. The van der Waals surface area contributed by atoms with Crippen LogP contribution in [0.3, 0.4) is 0 Å². The summed E-state index contributed by atoms with van der Waals surface area (Å²) in [4.78, 5) is 47.8. The Kier molecular flexibility index (Phi) is 32.0. The summed E-state index contributed by atoms with van der Waals surface area (Å²) in [5, 5.41) is 82.0. The van der Waals surface area contributed by atoms with Crippen LogP contribution in [0.5, 0.6) is 34.5 Å². The lowest BCUT2D eigenvalue weighted by atomic mass is 9.92. The molecule has 0 aromatic heterocycles. The summed E-state index contributed by atoms with van der Waals surface area (Å²) in [6.07, 6.45) is 17.7. The summed E-state index contributed by atoms with van der Waals surface area (Å²) in [6.45, 7) is 3.14. The minimum Gasteiger partial charge on any atom is -0.506 e. The predicted octanol–water partition coefficient (Wildman–Crippen LogP) is 19.9. The van der Waals surface area contributed by atoms with E-state index in [2.05, 4.69) is 23.8 Å². The molecule has 4 aliphatic rings. The molecule has 35 heteroatoms. The van der Waals surface area contributed by atoms with Gasteiger partial charge in [0.2, 0.25) is 0 Å². The van der Waals surface area contributed by atoms with Crippen LogP contribution >= 0.6 is 47.0 Å². The molecule has 678 valence electrons. The number of nitrogens with zero attached hydrogens (tertiary/aromatic N) is 1. The van der Waals surface area contributed by atoms with Gasteiger partial charge >= 0.3 is 23.9 Å². The molecule has 3 saturated carbocycles. The van der Waals surface area contributed by atoms with E-state index in [0.717, 1.165) is 117 Å². The van der Waals surface area contributed by atoms with Gasteiger partial charge in [0.25, 0.3) is 40.1 Å². The zero-order chi connectivity index (χ0) is 91.6. The number of hydrogen-bond donors (Lipinski definition) is 12. The Bertz CT molecular complexity index is 6350. The quantitative estimate of drug-likeness (QED) is 0.0103. The molecule has 3 aliphatic carbocycles. The summed E-state index contributed by atoms with van der Waals surface area (Å²) in [7, 11) is -15.6. The molecule has 16 rings (SSSR count). The largest absolute Gasteiger partial charge is 0.506 e. The van der Waals surface area contributed by atoms with Crippen molar-refractivity contribution in [3.05, 3.63) is 224 Å². The van der Waals surface area contributed by atoms with E-state index in [1.807, 2.05) is 24.3 Å². The molecule has 1 aliphatic heterocycles. The summed E-state index contributed by atoms with van der Waals surface area (Å²) in [5.41, 5.74) is 3.29. The lowest BCUT2D eigenvalue weighted by Gasteiger charge is -2.22. The fraction of sp³-hybridized carbons (Fsp3) is 0.277. The smallest absolute Gasteiger partial charge is 0.313 e. The Morgan fingerprint density at radius 1 is 0.333 bits per heavy atom. The second-order valence-corrected chi connectivity index (χ2v) is 42.1. The molecule has 0 amide bonds. The number of ether oxygens (including phenoxy) is 2. The van der Waals surface area contributed by atoms with E-state index in [-0.39, 0.29) is 92.4 Å². The normalized spacial score (nSPS) is 14.4. The second-order valence-electron chi connectivity index (χ2n) is 31.4. The van der Waals surface area contributed by atoms with E-state index in [1.165, 1.54) is 105 Å². The summed E-state index contributed by atoms with van der Waals surface area (Å²) in [6, 6.07) is 59.7. The summed E-state index contributed by atoms with van der Waals surface area (Å²) < 4.78 is 127. The Balaban J connectivity index is 0.000000147. The van der Waals surface area contributed by atoms with Crippen molar-refractivity contribution in [3.8, 4) is 34.5 Å². The molecule has 1 heterocycles. The van der Waals surface area contributed by atoms with Gasteiger partial charge in [0.1, 0.15) is 34.5 Å². The van der Waals surface area contributed by atoms with Crippen LogP contribution in [0.2, 0.25) is 0 Å². The van der Waals surface area contributed by atoms with Gasteiger partial charge in [-0.3, -0.25) is 38.1 Å². The van der Waals surface area contributed by atoms with Crippen LogP contribution < -0.4 is 33.3 Å². The van der Waals surface area contributed by atoms with E-state index in [4.69, 9.17) is 29.9 Å². The maximum atomic E-state index is 13.2. The first-order valence-corrected chi connectivity index (χ1v) is 51.6. The van der Waals surface area contributed by atoms with Gasteiger partial charge in [0, 0.05) is 67.9 Å². The first-order chi connectivity index (χ1) is 61.9. The summed E-state index contributed by atoms with van der Waals surface area (Å²) >= 11 is 3.72. The highest BCUT2D eigenvalue weighted by atomic mass is 32.2. The van der Waals surface area contributed by atoms with Crippen molar-refractivity contribution in [3.63, 3.8) is 0 Å². The van der Waals surface area contributed by atoms with Crippen molar-refractivity contribution in [2.24, 2.45) is 11.8 Å². The average Bonchev–Trinajstić information content (AvgIpc) is 1.63. The first kappa shape index (κ1) is 95.2. The first-order valence-electron chi connectivity index (χ1n) is 41.8. The van der Waals surface area contributed by atoms with E-state index in [9.17, 15) is 73.3 Å². The Labute approximate surface area is 764 Å². The number of carboxylic acids is 4. The van der Waals surface area contributed by atoms with Gasteiger partial charge in [-0.05, 0) is 165 Å². The Morgan fingerprint density at radius 3 is 1.01 bits per heavy atom. The maximum Gasteiger partial charge on any atom is 0.313 e. The number of aliphatic carboxylic acids is 4. The number of carboxylic acid groups (broad SMARTS) is 4. The molecule has 12 aromatic carbocycles. The van der Waals surface area contributed by atoms with Crippen molar-refractivity contribution in [1.82, 2.24) is 0 Å². The third-order valence-corrected chi connectivity index (χ3v) is 31.4. The number of sulfonamides is 4. The maximum absolute atomic E-state index is 13.2. The minimum atomic E-state index is -3.95. The number of aromatic hydroxyl groups is 4. The number of fused-ring (bicyclic) bond motifs is 4. The number of benzene rings is 12.